The molecule has 2 aliphatic carbocycles. The van der Waals surface area contributed by atoms with Crippen molar-refractivity contribution in [3.63, 3.8) is 0 Å². The molecule has 2 saturated carbocycles. The molecule has 2 fully saturated rings. The van der Waals surface area contributed by atoms with E-state index in [2.05, 4.69) is 33.4 Å². The Morgan fingerprint density at radius 2 is 2.20 bits per heavy atom. The van der Waals surface area contributed by atoms with Crippen molar-refractivity contribution in [3.8, 4) is 0 Å². The van der Waals surface area contributed by atoms with Gasteiger partial charge in [0, 0.05) is 23.0 Å². The molecule has 110 valence electrons. The minimum Gasteiger partial charge on any atom is -0.352 e. The van der Waals surface area contributed by atoms with E-state index < -0.39 is 0 Å². The van der Waals surface area contributed by atoms with Crippen LogP contribution in [0.25, 0.3) is 0 Å². The van der Waals surface area contributed by atoms with Crippen LogP contribution in [0.5, 0.6) is 0 Å². The average molecular weight is 360 g/mol. The second-order valence-corrected chi connectivity index (χ2v) is 6.61. The van der Waals surface area contributed by atoms with Crippen LogP contribution < -0.4 is 11.1 Å². The number of amides is 1. The molecule has 0 saturated heterocycles. The van der Waals surface area contributed by atoms with Crippen LogP contribution >= 0.6 is 28.3 Å². The Morgan fingerprint density at radius 3 is 2.80 bits per heavy atom. The highest BCUT2D eigenvalue weighted by atomic mass is 79.9. The summed E-state index contributed by atoms with van der Waals surface area (Å²) in [6.07, 6.45) is 3.38. The van der Waals surface area contributed by atoms with E-state index in [1.54, 1.807) is 0 Å². The van der Waals surface area contributed by atoms with Gasteiger partial charge in [-0.25, -0.2) is 0 Å². The highest BCUT2D eigenvalue weighted by molar-refractivity contribution is 9.10. The molecule has 1 aromatic carbocycles. The number of hydrogen-bond acceptors (Lipinski definition) is 2. The second kappa shape index (κ2) is 6.46. The summed E-state index contributed by atoms with van der Waals surface area (Å²) < 4.78 is 1.08. The molecule has 3 nitrogen and oxygen atoms in total. The lowest BCUT2D eigenvalue weighted by atomic mass is 10.1. The number of nitrogens with two attached hydrogens (primary N) is 1. The maximum atomic E-state index is 12.2. The molecule has 0 aliphatic heterocycles. The van der Waals surface area contributed by atoms with Crippen molar-refractivity contribution in [2.24, 2.45) is 17.6 Å². The van der Waals surface area contributed by atoms with E-state index in [9.17, 15) is 4.79 Å². The molecule has 5 heteroatoms. The Labute approximate surface area is 134 Å². The van der Waals surface area contributed by atoms with Crippen molar-refractivity contribution in [1.82, 2.24) is 5.32 Å². The molecule has 1 aromatic rings. The first-order valence-electron chi connectivity index (χ1n) is 6.95. The van der Waals surface area contributed by atoms with Crippen LogP contribution in [0.2, 0.25) is 0 Å². The van der Waals surface area contributed by atoms with Crippen LogP contribution in [0.3, 0.4) is 0 Å². The number of carbonyl (C=O) groups is 1. The van der Waals surface area contributed by atoms with Gasteiger partial charge >= 0.3 is 0 Å². The molecule has 3 N–H and O–H groups in total. The second-order valence-electron chi connectivity index (χ2n) is 5.69. The van der Waals surface area contributed by atoms with Crippen molar-refractivity contribution >= 4 is 34.2 Å². The van der Waals surface area contributed by atoms with Crippen molar-refractivity contribution in [1.29, 1.82) is 0 Å². The third kappa shape index (κ3) is 3.54. The summed E-state index contributed by atoms with van der Waals surface area (Å²) in [7, 11) is 0. The third-order valence-corrected chi connectivity index (χ3v) is 4.67. The summed E-state index contributed by atoms with van der Waals surface area (Å²) >= 11 is 3.48. The zero-order valence-electron chi connectivity index (χ0n) is 11.2. The predicted octanol–water partition coefficient (Wildman–Crippen LogP) is 2.83. The van der Waals surface area contributed by atoms with Gasteiger partial charge in [0.1, 0.15) is 0 Å². The molecule has 0 bridgehead atoms. The molecule has 0 spiro atoms. The molecule has 3 atom stereocenters. The van der Waals surface area contributed by atoms with Gasteiger partial charge in [0.25, 0.3) is 0 Å². The minimum atomic E-state index is 0. The van der Waals surface area contributed by atoms with Crippen molar-refractivity contribution in [2.45, 2.75) is 31.2 Å². The van der Waals surface area contributed by atoms with Crippen LogP contribution in [-0.4, -0.2) is 18.5 Å². The largest absolute Gasteiger partial charge is 0.352 e. The Bertz CT molecular complexity index is 493. The number of nitrogens with one attached hydrogen (secondary N) is 1. The SMILES string of the molecule is Cl.NCC(NC(=O)C1CC1c1cccc(Br)c1)C1CC1. The quantitative estimate of drug-likeness (QED) is 0.849. The van der Waals surface area contributed by atoms with E-state index in [0.29, 0.717) is 18.4 Å². The van der Waals surface area contributed by atoms with Gasteiger partial charge in [-0.1, -0.05) is 28.1 Å². The molecule has 1 amide bonds. The molecule has 0 heterocycles. The van der Waals surface area contributed by atoms with E-state index in [4.69, 9.17) is 5.73 Å². The molecular formula is C15H20BrClN2O. The van der Waals surface area contributed by atoms with E-state index in [1.807, 2.05) is 12.1 Å². The lowest BCUT2D eigenvalue weighted by molar-refractivity contribution is -0.123. The van der Waals surface area contributed by atoms with Gasteiger partial charge in [0.2, 0.25) is 5.91 Å². The molecule has 3 unspecified atom stereocenters. The van der Waals surface area contributed by atoms with E-state index >= 15 is 0 Å². The highest BCUT2D eigenvalue weighted by Crippen LogP contribution is 2.48. The Morgan fingerprint density at radius 1 is 1.45 bits per heavy atom. The lowest BCUT2D eigenvalue weighted by Gasteiger charge is -2.16. The average Bonchev–Trinajstić information content (AvgIpc) is 3.28. The maximum absolute atomic E-state index is 12.2. The summed E-state index contributed by atoms with van der Waals surface area (Å²) in [5.41, 5.74) is 6.98. The predicted molar refractivity (Wildman–Crippen MR) is 85.9 cm³/mol. The fraction of sp³-hybridized carbons (Fsp3) is 0.533. The van der Waals surface area contributed by atoms with Gasteiger partial charge in [0.15, 0.2) is 0 Å². The number of carbonyl (C=O) groups excluding carboxylic acids is 1. The molecule has 3 rings (SSSR count). The van der Waals surface area contributed by atoms with Crippen LogP contribution in [-0.2, 0) is 4.79 Å². The lowest BCUT2D eigenvalue weighted by Crippen LogP contribution is -2.42. The molecule has 0 aromatic heterocycles. The first kappa shape index (κ1) is 15.8. The minimum absolute atomic E-state index is 0. The molecule has 20 heavy (non-hydrogen) atoms. The fourth-order valence-corrected chi connectivity index (χ4v) is 3.16. The topological polar surface area (TPSA) is 55.1 Å². The van der Waals surface area contributed by atoms with Gasteiger partial charge in [-0.15, -0.1) is 12.4 Å². The summed E-state index contributed by atoms with van der Waals surface area (Å²) in [6, 6.07) is 8.44. The van der Waals surface area contributed by atoms with Gasteiger partial charge in [-0.2, -0.15) is 0 Å². The van der Waals surface area contributed by atoms with Gasteiger partial charge < -0.3 is 11.1 Å². The monoisotopic (exact) mass is 358 g/mol. The Hall–Kier alpha value is -0.580. The first-order valence-corrected chi connectivity index (χ1v) is 7.74. The smallest absolute Gasteiger partial charge is 0.224 e. The number of benzene rings is 1. The maximum Gasteiger partial charge on any atom is 0.224 e. The first-order chi connectivity index (χ1) is 9.19. The Kier molecular flexibility index (Phi) is 5.10. The number of halogens is 2. The molecular weight excluding hydrogens is 340 g/mol. The van der Waals surface area contributed by atoms with E-state index in [1.165, 1.54) is 18.4 Å². The summed E-state index contributed by atoms with van der Waals surface area (Å²) in [5, 5.41) is 3.13. The number of hydrogen-bond donors (Lipinski definition) is 2. The summed E-state index contributed by atoms with van der Waals surface area (Å²) in [4.78, 5) is 12.2. The molecule has 0 radical (unpaired) electrons. The zero-order valence-corrected chi connectivity index (χ0v) is 13.6. The molecule has 2 aliphatic rings. The van der Waals surface area contributed by atoms with Crippen molar-refractivity contribution in [2.75, 3.05) is 6.54 Å². The number of rotatable bonds is 5. The third-order valence-electron chi connectivity index (χ3n) is 4.18. The standard InChI is InChI=1S/C15H19BrN2O.ClH/c16-11-3-1-2-10(6-11)12-7-13(12)15(19)18-14(8-17)9-4-5-9;/h1-3,6,9,12-14H,4-5,7-8,17H2,(H,18,19);1H. The normalized spacial score (nSPS) is 25.5. The van der Waals surface area contributed by atoms with Gasteiger partial charge in [-0.3, -0.25) is 4.79 Å². The summed E-state index contributed by atoms with van der Waals surface area (Å²) in [6.45, 7) is 0.560. The van der Waals surface area contributed by atoms with Gasteiger partial charge in [-0.05, 0) is 48.8 Å². The van der Waals surface area contributed by atoms with Crippen molar-refractivity contribution < 1.29 is 4.79 Å². The van der Waals surface area contributed by atoms with Crippen LogP contribution in [0.4, 0.5) is 0 Å². The van der Waals surface area contributed by atoms with Crippen LogP contribution in [0.1, 0.15) is 30.7 Å². The zero-order chi connectivity index (χ0) is 13.4. The Balaban J connectivity index is 0.00000147. The van der Waals surface area contributed by atoms with Crippen LogP contribution in [0.15, 0.2) is 28.7 Å². The highest BCUT2D eigenvalue weighted by Gasteiger charge is 2.45. The van der Waals surface area contributed by atoms with Crippen molar-refractivity contribution in [3.05, 3.63) is 34.3 Å². The fourth-order valence-electron chi connectivity index (χ4n) is 2.75. The van der Waals surface area contributed by atoms with Crippen LogP contribution in [0, 0.1) is 11.8 Å². The van der Waals surface area contributed by atoms with E-state index in [-0.39, 0.29) is 30.3 Å². The van der Waals surface area contributed by atoms with E-state index in [0.717, 1.165) is 10.9 Å². The van der Waals surface area contributed by atoms with Gasteiger partial charge in [0.05, 0.1) is 0 Å². The summed E-state index contributed by atoms with van der Waals surface area (Å²) in [5.74, 6) is 1.33.